The molecule has 0 bridgehead atoms. The smallest absolute Gasteiger partial charge is 0.303 e. The van der Waals surface area contributed by atoms with Gasteiger partial charge in [0.1, 0.15) is 5.75 Å². The number of hydrogen-bond donors (Lipinski definition) is 2. The van der Waals surface area contributed by atoms with Gasteiger partial charge in [-0.15, -0.1) is 0 Å². The fourth-order valence-corrected chi connectivity index (χ4v) is 2.17. The summed E-state index contributed by atoms with van der Waals surface area (Å²) in [6.45, 7) is 0. The molecule has 6 heteroatoms. The molecule has 1 fully saturated rings. The molecular formula is C12H13NO5. The van der Waals surface area contributed by atoms with Gasteiger partial charge >= 0.3 is 5.97 Å². The van der Waals surface area contributed by atoms with E-state index in [2.05, 4.69) is 0 Å². The van der Waals surface area contributed by atoms with Crippen LogP contribution in [0, 0.1) is 16.0 Å². The molecule has 1 aromatic rings. The number of phenolic OH excluding ortho intramolecular Hbond substituents is 1. The molecule has 0 spiro atoms. The molecule has 96 valence electrons. The average molecular weight is 251 g/mol. The Morgan fingerprint density at radius 2 is 2.17 bits per heavy atom. The van der Waals surface area contributed by atoms with Crippen LogP contribution >= 0.6 is 0 Å². The van der Waals surface area contributed by atoms with Crippen molar-refractivity contribution in [3.63, 3.8) is 0 Å². The number of aliphatic carboxylic acids is 1. The molecule has 0 heterocycles. The van der Waals surface area contributed by atoms with Crippen LogP contribution in [0.25, 0.3) is 0 Å². The number of rotatable bonds is 5. The van der Waals surface area contributed by atoms with Gasteiger partial charge in [0.2, 0.25) is 0 Å². The van der Waals surface area contributed by atoms with Crippen LogP contribution in [-0.4, -0.2) is 21.1 Å². The van der Waals surface area contributed by atoms with Gasteiger partial charge in [0.05, 0.1) is 11.3 Å². The Hall–Kier alpha value is -2.11. The van der Waals surface area contributed by atoms with Crippen molar-refractivity contribution in [3.05, 3.63) is 33.9 Å². The molecule has 18 heavy (non-hydrogen) atoms. The number of nitro groups is 1. The minimum atomic E-state index is -0.960. The van der Waals surface area contributed by atoms with E-state index in [4.69, 9.17) is 5.11 Å². The molecule has 0 amide bonds. The van der Waals surface area contributed by atoms with E-state index in [1.54, 1.807) is 0 Å². The molecule has 2 rings (SSSR count). The van der Waals surface area contributed by atoms with Gasteiger partial charge in [0.15, 0.2) is 0 Å². The SMILES string of the molecule is O=C(O)CC(c1cc([N+](=O)[O-])ccc1O)C1CC1. The van der Waals surface area contributed by atoms with E-state index in [1.165, 1.54) is 18.2 Å². The first-order chi connectivity index (χ1) is 8.49. The maximum atomic E-state index is 10.8. The number of nitrogens with zero attached hydrogens (tertiary/aromatic N) is 1. The van der Waals surface area contributed by atoms with Crippen LogP contribution in [0.2, 0.25) is 0 Å². The Morgan fingerprint density at radius 1 is 1.50 bits per heavy atom. The second-order valence-corrected chi connectivity index (χ2v) is 4.54. The second-order valence-electron chi connectivity index (χ2n) is 4.54. The second kappa shape index (κ2) is 4.64. The Morgan fingerprint density at radius 3 is 2.67 bits per heavy atom. The number of phenols is 1. The predicted octanol–water partition coefficient (Wildman–Crippen LogP) is 2.27. The molecule has 6 nitrogen and oxygen atoms in total. The summed E-state index contributed by atoms with van der Waals surface area (Å²) in [7, 11) is 0. The number of benzene rings is 1. The molecule has 1 aliphatic carbocycles. The largest absolute Gasteiger partial charge is 0.508 e. The molecule has 1 atom stereocenters. The fraction of sp³-hybridized carbons (Fsp3) is 0.417. The van der Waals surface area contributed by atoms with Gasteiger partial charge in [-0.1, -0.05) is 0 Å². The molecule has 0 aliphatic heterocycles. The van der Waals surface area contributed by atoms with Crippen LogP contribution in [0.5, 0.6) is 5.75 Å². The van der Waals surface area contributed by atoms with Crippen molar-refractivity contribution in [1.29, 1.82) is 0 Å². The monoisotopic (exact) mass is 251 g/mol. The van der Waals surface area contributed by atoms with E-state index in [0.29, 0.717) is 5.56 Å². The number of carbonyl (C=O) groups is 1. The normalized spacial score (nSPS) is 16.2. The molecule has 0 saturated heterocycles. The van der Waals surface area contributed by atoms with Crippen LogP contribution in [-0.2, 0) is 4.79 Å². The zero-order valence-corrected chi connectivity index (χ0v) is 9.57. The maximum absolute atomic E-state index is 10.8. The molecule has 2 N–H and O–H groups in total. The number of aromatic hydroxyl groups is 1. The van der Waals surface area contributed by atoms with E-state index in [1.807, 2.05) is 0 Å². The van der Waals surface area contributed by atoms with Crippen molar-refractivity contribution in [2.24, 2.45) is 5.92 Å². The minimum Gasteiger partial charge on any atom is -0.508 e. The van der Waals surface area contributed by atoms with Crippen LogP contribution in [0.3, 0.4) is 0 Å². The summed E-state index contributed by atoms with van der Waals surface area (Å²) in [5.41, 5.74) is 0.243. The third-order valence-corrected chi connectivity index (χ3v) is 3.21. The first kappa shape index (κ1) is 12.3. The summed E-state index contributed by atoms with van der Waals surface area (Å²) >= 11 is 0. The van der Waals surface area contributed by atoms with E-state index in [9.17, 15) is 20.0 Å². The lowest BCUT2D eigenvalue weighted by molar-refractivity contribution is -0.385. The van der Waals surface area contributed by atoms with E-state index in [-0.39, 0.29) is 29.7 Å². The van der Waals surface area contributed by atoms with Crippen LogP contribution < -0.4 is 0 Å². The lowest BCUT2D eigenvalue weighted by Crippen LogP contribution is -2.09. The highest BCUT2D eigenvalue weighted by molar-refractivity contribution is 5.68. The van der Waals surface area contributed by atoms with Gasteiger partial charge in [-0.25, -0.2) is 0 Å². The minimum absolute atomic E-state index is 0.0706. The highest BCUT2D eigenvalue weighted by Gasteiger charge is 2.35. The molecule has 0 radical (unpaired) electrons. The molecule has 1 saturated carbocycles. The molecule has 1 unspecified atom stereocenters. The molecule has 1 aliphatic rings. The summed E-state index contributed by atoms with van der Waals surface area (Å²) in [4.78, 5) is 21.0. The number of carboxylic acids is 1. The summed E-state index contributed by atoms with van der Waals surface area (Å²) in [6, 6.07) is 3.75. The maximum Gasteiger partial charge on any atom is 0.303 e. The summed E-state index contributed by atoms with van der Waals surface area (Å²) < 4.78 is 0. The zero-order chi connectivity index (χ0) is 13.3. The van der Waals surface area contributed by atoms with Gasteiger partial charge in [0, 0.05) is 23.6 Å². The lowest BCUT2D eigenvalue weighted by atomic mass is 9.90. The van der Waals surface area contributed by atoms with Gasteiger partial charge in [-0.05, 0) is 24.8 Å². The number of non-ortho nitro benzene ring substituents is 1. The van der Waals surface area contributed by atoms with Crippen molar-refractivity contribution < 1.29 is 19.9 Å². The third-order valence-electron chi connectivity index (χ3n) is 3.21. The zero-order valence-electron chi connectivity index (χ0n) is 9.57. The van der Waals surface area contributed by atoms with Crippen LogP contribution in [0.1, 0.15) is 30.7 Å². The Kier molecular flexibility index (Phi) is 3.18. The van der Waals surface area contributed by atoms with Crippen molar-refractivity contribution >= 4 is 11.7 Å². The van der Waals surface area contributed by atoms with Crippen molar-refractivity contribution in [3.8, 4) is 5.75 Å². The molecular weight excluding hydrogens is 238 g/mol. The van der Waals surface area contributed by atoms with E-state index >= 15 is 0 Å². The van der Waals surface area contributed by atoms with Crippen molar-refractivity contribution in [2.45, 2.75) is 25.2 Å². The van der Waals surface area contributed by atoms with E-state index < -0.39 is 10.9 Å². The highest BCUT2D eigenvalue weighted by atomic mass is 16.6. The summed E-state index contributed by atoms with van der Waals surface area (Å²) in [5, 5.41) is 29.3. The summed E-state index contributed by atoms with van der Waals surface area (Å²) in [6.07, 6.45) is 1.69. The first-order valence-corrected chi connectivity index (χ1v) is 5.68. The topological polar surface area (TPSA) is 101 Å². The lowest BCUT2D eigenvalue weighted by Gasteiger charge is -2.15. The fourth-order valence-electron chi connectivity index (χ4n) is 2.17. The standard InChI is InChI=1S/C12H13NO5/c14-11-4-3-8(13(17)18)5-10(11)9(6-12(15)16)7-1-2-7/h3-5,7,9,14H,1-2,6H2,(H,15,16). The number of hydrogen-bond acceptors (Lipinski definition) is 4. The third kappa shape index (κ3) is 2.58. The Labute approximate surface area is 103 Å². The van der Waals surface area contributed by atoms with E-state index in [0.717, 1.165) is 12.8 Å². The van der Waals surface area contributed by atoms with Gasteiger partial charge in [-0.2, -0.15) is 0 Å². The van der Waals surface area contributed by atoms with Gasteiger partial charge in [0.25, 0.3) is 5.69 Å². The van der Waals surface area contributed by atoms with Crippen molar-refractivity contribution in [1.82, 2.24) is 0 Å². The summed E-state index contributed by atoms with van der Waals surface area (Å²) in [5.74, 6) is -1.17. The van der Waals surface area contributed by atoms with Crippen LogP contribution in [0.15, 0.2) is 18.2 Å². The van der Waals surface area contributed by atoms with Gasteiger partial charge in [-0.3, -0.25) is 14.9 Å². The molecule has 1 aromatic carbocycles. The Balaban J connectivity index is 2.36. The average Bonchev–Trinajstić information content (AvgIpc) is 3.10. The predicted molar refractivity (Wildman–Crippen MR) is 62.5 cm³/mol. The number of carboxylic acid groups (broad SMARTS) is 1. The van der Waals surface area contributed by atoms with Gasteiger partial charge < -0.3 is 10.2 Å². The quantitative estimate of drug-likeness (QED) is 0.617. The van der Waals surface area contributed by atoms with Crippen molar-refractivity contribution in [2.75, 3.05) is 0 Å². The molecule has 0 aromatic heterocycles. The Bertz CT molecular complexity index is 495. The first-order valence-electron chi connectivity index (χ1n) is 5.68. The highest BCUT2D eigenvalue weighted by Crippen LogP contribution is 2.47. The number of nitro benzene ring substituents is 1. The van der Waals surface area contributed by atoms with Crippen LogP contribution in [0.4, 0.5) is 5.69 Å².